The highest BCUT2D eigenvalue weighted by atomic mass is 16.5. The minimum Gasteiger partial charge on any atom is -0.493 e. The van der Waals surface area contributed by atoms with Crippen molar-refractivity contribution in [2.45, 2.75) is 19.0 Å². The zero-order valence-electron chi connectivity index (χ0n) is 13.7. The first-order chi connectivity index (χ1) is 10.7. The van der Waals surface area contributed by atoms with Gasteiger partial charge in [-0.2, -0.15) is 0 Å². The van der Waals surface area contributed by atoms with Crippen LogP contribution in [0.15, 0.2) is 42.5 Å². The molecule has 0 N–H and O–H groups in total. The molecule has 1 aliphatic rings. The normalized spacial score (nSPS) is 22.3. The Hall–Kier alpha value is -2.00. The molecule has 0 radical (unpaired) electrons. The molecule has 3 nitrogen and oxygen atoms in total. The number of fused-ring (bicyclic) bond motifs is 1. The molecule has 0 aromatic heterocycles. The Balaban J connectivity index is 2.05. The standard InChI is InChI=1S/C18H21NO2/c1-19-12-15-11-18(21-3)17(20-2)10-14(15)9-16(19)13-7-5-4-6-8-13/h4-8,10-11,16H,9,12H2,1-3H3/t16-/m1/s1/i9D/t9-,16-. The Morgan fingerprint density at radius 1 is 1.05 bits per heavy atom. The molecule has 0 aliphatic carbocycles. The van der Waals surface area contributed by atoms with Crippen LogP contribution in [-0.2, 0) is 12.9 Å². The lowest BCUT2D eigenvalue weighted by Crippen LogP contribution is -2.30. The molecular weight excluding hydrogens is 262 g/mol. The summed E-state index contributed by atoms with van der Waals surface area (Å²) in [5.41, 5.74) is 3.32. The van der Waals surface area contributed by atoms with Gasteiger partial charge in [0.25, 0.3) is 0 Å². The van der Waals surface area contributed by atoms with Crippen LogP contribution in [0.4, 0.5) is 0 Å². The third-order valence-electron chi connectivity index (χ3n) is 4.02. The van der Waals surface area contributed by atoms with Gasteiger partial charge in [0.2, 0.25) is 0 Å². The van der Waals surface area contributed by atoms with Gasteiger partial charge in [-0.15, -0.1) is 0 Å². The lowest BCUT2D eigenvalue weighted by Gasteiger charge is -2.35. The van der Waals surface area contributed by atoms with Crippen LogP contribution in [0.2, 0.25) is 0 Å². The molecule has 2 aromatic rings. The van der Waals surface area contributed by atoms with Crippen molar-refractivity contribution in [1.29, 1.82) is 0 Å². The predicted molar refractivity (Wildman–Crippen MR) is 83.9 cm³/mol. The molecule has 3 heteroatoms. The lowest BCUT2D eigenvalue weighted by molar-refractivity contribution is 0.216. The highest BCUT2D eigenvalue weighted by molar-refractivity contribution is 5.49. The van der Waals surface area contributed by atoms with E-state index in [2.05, 4.69) is 24.1 Å². The summed E-state index contributed by atoms with van der Waals surface area (Å²) in [7, 11) is 5.34. The van der Waals surface area contributed by atoms with Crippen molar-refractivity contribution in [3.05, 3.63) is 59.2 Å². The largest absolute Gasteiger partial charge is 0.493 e. The average Bonchev–Trinajstić information content (AvgIpc) is 2.54. The number of nitrogens with zero attached hydrogens (tertiary/aromatic N) is 1. The maximum absolute atomic E-state index is 8.74. The van der Waals surface area contributed by atoms with Crippen LogP contribution in [0.25, 0.3) is 0 Å². The van der Waals surface area contributed by atoms with Crippen molar-refractivity contribution in [2.75, 3.05) is 21.3 Å². The zero-order chi connectivity index (χ0) is 15.7. The van der Waals surface area contributed by atoms with E-state index in [1.54, 1.807) is 14.2 Å². The summed E-state index contributed by atoms with van der Waals surface area (Å²) in [6.07, 6.45) is -0.351. The molecule has 0 fully saturated rings. The van der Waals surface area contributed by atoms with Crippen molar-refractivity contribution in [3.8, 4) is 11.5 Å². The Kier molecular flexibility index (Phi) is 3.50. The van der Waals surface area contributed by atoms with Crippen LogP contribution >= 0.6 is 0 Å². The average molecular weight is 284 g/mol. The topological polar surface area (TPSA) is 21.7 Å². The molecule has 110 valence electrons. The van der Waals surface area contributed by atoms with Crippen molar-refractivity contribution in [1.82, 2.24) is 4.90 Å². The summed E-state index contributed by atoms with van der Waals surface area (Å²) >= 11 is 0. The molecule has 0 spiro atoms. The monoisotopic (exact) mass is 284 g/mol. The summed E-state index contributed by atoms with van der Waals surface area (Å²) < 4.78 is 19.5. The minimum absolute atomic E-state index is 0.0480. The van der Waals surface area contributed by atoms with E-state index < -0.39 is 0 Å². The maximum atomic E-state index is 8.74. The molecule has 2 atom stereocenters. The van der Waals surface area contributed by atoms with E-state index in [1.165, 1.54) is 5.56 Å². The van der Waals surface area contributed by atoms with Crippen LogP contribution in [0.5, 0.6) is 11.5 Å². The predicted octanol–water partition coefficient (Wildman–Crippen LogP) is 3.43. The number of hydrogen-bond acceptors (Lipinski definition) is 3. The number of hydrogen-bond donors (Lipinski definition) is 0. The van der Waals surface area contributed by atoms with Crippen LogP contribution < -0.4 is 9.47 Å². The fourth-order valence-electron chi connectivity index (χ4n) is 2.89. The molecule has 0 saturated heterocycles. The highest BCUT2D eigenvalue weighted by Crippen LogP contribution is 2.38. The Bertz CT molecular complexity index is 660. The highest BCUT2D eigenvalue weighted by Gasteiger charge is 2.26. The van der Waals surface area contributed by atoms with E-state index >= 15 is 0 Å². The third-order valence-corrected chi connectivity index (χ3v) is 4.02. The minimum atomic E-state index is -0.351. The second kappa shape index (κ2) is 5.78. The molecule has 1 aliphatic heterocycles. The van der Waals surface area contributed by atoms with Gasteiger partial charge in [0.15, 0.2) is 11.5 Å². The van der Waals surface area contributed by atoms with Crippen LogP contribution in [-0.4, -0.2) is 26.2 Å². The van der Waals surface area contributed by atoms with Crippen LogP contribution in [0.3, 0.4) is 0 Å². The fraction of sp³-hybridized carbons (Fsp3) is 0.333. The number of likely N-dealkylation sites (N-methyl/N-ethyl adjacent to an activating group) is 1. The van der Waals surface area contributed by atoms with E-state index in [0.717, 1.165) is 23.4 Å². The Morgan fingerprint density at radius 3 is 2.29 bits per heavy atom. The zero-order valence-corrected chi connectivity index (χ0v) is 12.7. The molecule has 0 bridgehead atoms. The SMILES string of the molecule is [2H][C@@H]1c2cc(OC)c(OC)cc2CN(C)[C@H]1c1ccccc1. The molecular formula is C18H21NO2. The fourth-order valence-corrected chi connectivity index (χ4v) is 2.89. The first kappa shape index (κ1) is 12.7. The van der Waals surface area contributed by atoms with Crippen molar-refractivity contribution < 1.29 is 10.8 Å². The number of ether oxygens (including phenoxy) is 2. The van der Waals surface area contributed by atoms with Crippen molar-refractivity contribution in [2.24, 2.45) is 0 Å². The molecule has 2 aromatic carbocycles. The summed E-state index contributed by atoms with van der Waals surface area (Å²) in [6, 6.07) is 14.2. The molecule has 0 saturated carbocycles. The first-order valence-electron chi connectivity index (χ1n) is 7.65. The van der Waals surface area contributed by atoms with E-state index in [4.69, 9.17) is 10.8 Å². The summed E-state index contributed by atoms with van der Waals surface area (Å²) in [5, 5.41) is 0. The second-order valence-electron chi connectivity index (χ2n) is 5.34. The molecule has 21 heavy (non-hydrogen) atoms. The smallest absolute Gasteiger partial charge is 0.161 e. The third kappa shape index (κ3) is 2.61. The number of rotatable bonds is 3. The van der Waals surface area contributed by atoms with Gasteiger partial charge in [-0.3, -0.25) is 4.90 Å². The van der Waals surface area contributed by atoms with E-state index in [0.29, 0.717) is 5.75 Å². The second-order valence-corrected chi connectivity index (χ2v) is 5.34. The van der Waals surface area contributed by atoms with Gasteiger partial charge >= 0.3 is 0 Å². The van der Waals surface area contributed by atoms with Gasteiger partial charge in [0.1, 0.15) is 0 Å². The summed E-state index contributed by atoms with van der Waals surface area (Å²) in [6.45, 7) is 0.796. The van der Waals surface area contributed by atoms with Gasteiger partial charge < -0.3 is 9.47 Å². The molecule has 3 rings (SSSR count). The maximum Gasteiger partial charge on any atom is 0.161 e. The summed E-state index contributed by atoms with van der Waals surface area (Å²) in [5.74, 6) is 1.41. The molecule has 1 heterocycles. The number of methoxy groups -OCH3 is 2. The van der Waals surface area contributed by atoms with Crippen LogP contribution in [0, 0.1) is 0 Å². The van der Waals surface area contributed by atoms with Gasteiger partial charge in [-0.25, -0.2) is 0 Å². The van der Waals surface area contributed by atoms with Gasteiger partial charge in [0, 0.05) is 14.0 Å². The van der Waals surface area contributed by atoms with Gasteiger partial charge in [0.05, 0.1) is 14.2 Å². The molecule has 0 amide bonds. The number of benzene rings is 2. The van der Waals surface area contributed by atoms with Gasteiger partial charge in [-0.05, 0) is 42.3 Å². The van der Waals surface area contributed by atoms with Crippen molar-refractivity contribution in [3.63, 3.8) is 0 Å². The lowest BCUT2D eigenvalue weighted by atomic mass is 9.90. The van der Waals surface area contributed by atoms with E-state index in [9.17, 15) is 0 Å². The molecule has 0 unspecified atom stereocenters. The summed E-state index contributed by atoms with van der Waals surface area (Å²) in [4.78, 5) is 2.22. The van der Waals surface area contributed by atoms with E-state index in [1.807, 2.05) is 30.3 Å². The quantitative estimate of drug-likeness (QED) is 0.862. The van der Waals surface area contributed by atoms with Crippen molar-refractivity contribution >= 4 is 0 Å². The Morgan fingerprint density at radius 2 is 1.67 bits per heavy atom. The van der Waals surface area contributed by atoms with Gasteiger partial charge in [-0.1, -0.05) is 30.3 Å². The van der Waals surface area contributed by atoms with E-state index in [-0.39, 0.29) is 12.4 Å². The van der Waals surface area contributed by atoms with Crippen LogP contribution in [0.1, 0.15) is 24.1 Å². The first-order valence-corrected chi connectivity index (χ1v) is 7.08. The Labute approximate surface area is 127 Å².